The highest BCUT2D eigenvalue weighted by molar-refractivity contribution is 7.89. The number of nitrogens with one attached hydrogen (secondary N) is 2. The van der Waals surface area contributed by atoms with E-state index in [1.165, 1.54) is 0 Å². The maximum Gasteiger partial charge on any atom is 0.340 e. The Balaban J connectivity index is 1.94. The molecular formula is C10H13N5O4S. The van der Waals surface area contributed by atoms with Crippen molar-refractivity contribution in [2.45, 2.75) is 18.0 Å². The molecule has 0 bridgehead atoms. The highest BCUT2D eigenvalue weighted by Gasteiger charge is 2.24. The summed E-state index contributed by atoms with van der Waals surface area (Å²) in [5.74, 6) is -1.35. The minimum atomic E-state index is -3.91. The van der Waals surface area contributed by atoms with Crippen LogP contribution in [0.25, 0.3) is 0 Å². The first-order valence-electron chi connectivity index (χ1n) is 5.73. The van der Waals surface area contributed by atoms with Gasteiger partial charge in [-0.25, -0.2) is 22.9 Å². The number of hydrogen-bond acceptors (Lipinski definition) is 5. The second kappa shape index (κ2) is 5.84. The molecule has 108 valence electrons. The van der Waals surface area contributed by atoms with Gasteiger partial charge >= 0.3 is 5.97 Å². The van der Waals surface area contributed by atoms with E-state index >= 15 is 0 Å². The van der Waals surface area contributed by atoms with E-state index in [9.17, 15) is 13.2 Å². The third-order valence-corrected chi connectivity index (χ3v) is 3.98. The average molecular weight is 299 g/mol. The van der Waals surface area contributed by atoms with Gasteiger partial charge in [0.2, 0.25) is 0 Å². The Bertz CT molecular complexity index is 676. The van der Waals surface area contributed by atoms with Crippen LogP contribution < -0.4 is 4.72 Å². The van der Waals surface area contributed by atoms with Crippen molar-refractivity contribution in [1.29, 1.82) is 0 Å². The highest BCUT2D eigenvalue weighted by atomic mass is 32.2. The van der Waals surface area contributed by atoms with Crippen molar-refractivity contribution in [3.8, 4) is 0 Å². The predicted molar refractivity (Wildman–Crippen MR) is 67.6 cm³/mol. The summed E-state index contributed by atoms with van der Waals surface area (Å²) in [5, 5.41) is 14.0. The fourth-order valence-electron chi connectivity index (χ4n) is 1.59. The third kappa shape index (κ3) is 3.22. The van der Waals surface area contributed by atoms with Crippen molar-refractivity contribution in [1.82, 2.24) is 24.5 Å². The molecule has 0 saturated carbocycles. The van der Waals surface area contributed by atoms with Crippen molar-refractivity contribution in [3.63, 3.8) is 0 Å². The van der Waals surface area contributed by atoms with Crippen LogP contribution >= 0.6 is 0 Å². The van der Waals surface area contributed by atoms with Crippen LogP contribution in [0.5, 0.6) is 0 Å². The number of sulfonamides is 1. The van der Waals surface area contributed by atoms with Crippen LogP contribution in [-0.2, 0) is 16.6 Å². The molecule has 0 fully saturated rings. The van der Waals surface area contributed by atoms with Gasteiger partial charge in [-0.1, -0.05) is 0 Å². The lowest BCUT2D eigenvalue weighted by molar-refractivity contribution is 0.0692. The molecule has 0 aliphatic heterocycles. The number of H-pyrrole nitrogens is 1. The average Bonchev–Trinajstić information content (AvgIpc) is 3.05. The topological polar surface area (TPSA) is 130 Å². The van der Waals surface area contributed by atoms with Gasteiger partial charge in [0.1, 0.15) is 5.56 Å². The Morgan fingerprint density at radius 3 is 2.95 bits per heavy atom. The van der Waals surface area contributed by atoms with Crippen LogP contribution in [0.1, 0.15) is 16.8 Å². The largest absolute Gasteiger partial charge is 0.478 e. The van der Waals surface area contributed by atoms with Crippen LogP contribution in [0.3, 0.4) is 0 Å². The number of aromatic amines is 1. The van der Waals surface area contributed by atoms with Gasteiger partial charge in [-0.15, -0.1) is 0 Å². The predicted octanol–water partition coefficient (Wildman–Crippen LogP) is -0.327. The molecule has 2 rings (SSSR count). The standard InChI is InChI=1S/C10H13N5O4S/c16-10(17)8-6-12-14-9(8)20(18,19)13-2-1-4-15-5-3-11-7-15/h3,5-7,13H,1-2,4H2,(H,12,14)(H,16,17). The summed E-state index contributed by atoms with van der Waals surface area (Å²) in [5.41, 5.74) is -0.382. The lowest BCUT2D eigenvalue weighted by atomic mass is 10.4. The van der Waals surface area contributed by atoms with E-state index in [0.29, 0.717) is 13.0 Å². The van der Waals surface area contributed by atoms with Crippen LogP contribution in [-0.4, -0.2) is 45.8 Å². The van der Waals surface area contributed by atoms with Crippen molar-refractivity contribution in [2.75, 3.05) is 6.54 Å². The first-order chi connectivity index (χ1) is 9.50. The molecule has 0 saturated heterocycles. The maximum absolute atomic E-state index is 11.9. The Labute approximate surface area is 114 Å². The summed E-state index contributed by atoms with van der Waals surface area (Å²) in [6.07, 6.45) is 6.54. The first-order valence-corrected chi connectivity index (χ1v) is 7.21. The van der Waals surface area contributed by atoms with E-state index in [4.69, 9.17) is 5.11 Å². The van der Waals surface area contributed by atoms with Gasteiger partial charge in [-0.3, -0.25) is 5.10 Å². The van der Waals surface area contributed by atoms with E-state index in [1.807, 2.05) is 4.57 Å². The molecule has 2 aromatic heterocycles. The number of carboxylic acids is 1. The Kier molecular flexibility index (Phi) is 4.15. The molecule has 2 aromatic rings. The Hall–Kier alpha value is -2.20. The zero-order valence-electron chi connectivity index (χ0n) is 10.4. The zero-order chi connectivity index (χ0) is 14.6. The number of nitrogens with zero attached hydrogens (tertiary/aromatic N) is 3. The molecule has 0 aliphatic carbocycles. The highest BCUT2D eigenvalue weighted by Crippen LogP contribution is 2.11. The van der Waals surface area contributed by atoms with Crippen molar-refractivity contribution < 1.29 is 18.3 Å². The molecule has 20 heavy (non-hydrogen) atoms. The van der Waals surface area contributed by atoms with Crippen LogP contribution in [0.4, 0.5) is 0 Å². The molecule has 0 aliphatic rings. The molecule has 2 heterocycles. The quantitative estimate of drug-likeness (QED) is 0.600. The van der Waals surface area contributed by atoms with Crippen LogP contribution in [0.15, 0.2) is 29.9 Å². The monoisotopic (exact) mass is 299 g/mol. The van der Waals surface area contributed by atoms with Crippen molar-refractivity contribution in [2.24, 2.45) is 0 Å². The lowest BCUT2D eigenvalue weighted by Crippen LogP contribution is -2.27. The molecule has 9 nitrogen and oxygen atoms in total. The summed E-state index contributed by atoms with van der Waals surface area (Å²) in [6.45, 7) is 0.788. The van der Waals surface area contributed by atoms with Gasteiger partial charge in [0.05, 0.1) is 12.5 Å². The number of rotatable bonds is 7. The Morgan fingerprint density at radius 1 is 1.50 bits per heavy atom. The molecular weight excluding hydrogens is 286 g/mol. The number of carboxylic acid groups (broad SMARTS) is 1. The normalized spacial score (nSPS) is 11.6. The van der Waals surface area contributed by atoms with E-state index in [2.05, 4.69) is 19.9 Å². The number of hydrogen-bond donors (Lipinski definition) is 3. The zero-order valence-corrected chi connectivity index (χ0v) is 11.2. The van der Waals surface area contributed by atoms with Gasteiger partial charge < -0.3 is 9.67 Å². The van der Waals surface area contributed by atoms with Gasteiger partial charge in [0, 0.05) is 25.5 Å². The molecule has 3 N–H and O–H groups in total. The summed E-state index contributed by atoms with van der Waals surface area (Å²) in [6, 6.07) is 0. The molecule has 0 radical (unpaired) electrons. The van der Waals surface area contributed by atoms with Crippen LogP contribution in [0.2, 0.25) is 0 Å². The van der Waals surface area contributed by atoms with E-state index in [-0.39, 0.29) is 12.1 Å². The number of aromatic carboxylic acids is 1. The molecule has 0 atom stereocenters. The number of aromatic nitrogens is 4. The first kappa shape index (κ1) is 14.2. The molecule has 10 heteroatoms. The fraction of sp³-hybridized carbons (Fsp3) is 0.300. The summed E-state index contributed by atoms with van der Waals surface area (Å²) < 4.78 is 28.0. The van der Waals surface area contributed by atoms with E-state index in [1.54, 1.807) is 18.7 Å². The van der Waals surface area contributed by atoms with Crippen LogP contribution in [0, 0.1) is 0 Å². The Morgan fingerprint density at radius 2 is 2.30 bits per heavy atom. The smallest absolute Gasteiger partial charge is 0.340 e. The second-order valence-electron chi connectivity index (χ2n) is 3.97. The van der Waals surface area contributed by atoms with E-state index in [0.717, 1.165) is 6.20 Å². The minimum absolute atomic E-state index is 0.179. The molecule has 0 spiro atoms. The van der Waals surface area contributed by atoms with Crippen molar-refractivity contribution >= 4 is 16.0 Å². The fourth-order valence-corrected chi connectivity index (χ4v) is 2.75. The minimum Gasteiger partial charge on any atom is -0.478 e. The maximum atomic E-state index is 11.9. The summed E-state index contributed by atoms with van der Waals surface area (Å²) in [7, 11) is -3.91. The molecule has 0 amide bonds. The SMILES string of the molecule is O=C(O)c1cn[nH]c1S(=O)(=O)NCCCn1ccnc1. The molecule has 0 unspecified atom stereocenters. The van der Waals surface area contributed by atoms with Gasteiger partial charge in [-0.05, 0) is 6.42 Å². The van der Waals surface area contributed by atoms with Gasteiger partial charge in [-0.2, -0.15) is 5.10 Å². The number of aryl methyl sites for hydroxylation is 1. The second-order valence-corrected chi connectivity index (χ2v) is 5.67. The summed E-state index contributed by atoms with van der Waals surface area (Å²) in [4.78, 5) is 14.7. The molecule has 0 aromatic carbocycles. The van der Waals surface area contributed by atoms with Gasteiger partial charge in [0.25, 0.3) is 10.0 Å². The number of carbonyl (C=O) groups is 1. The van der Waals surface area contributed by atoms with E-state index < -0.39 is 21.0 Å². The number of imidazole rings is 1. The third-order valence-electron chi connectivity index (χ3n) is 2.55. The lowest BCUT2D eigenvalue weighted by Gasteiger charge is -2.06. The van der Waals surface area contributed by atoms with Gasteiger partial charge in [0.15, 0.2) is 5.03 Å². The van der Waals surface area contributed by atoms with Crippen molar-refractivity contribution in [3.05, 3.63) is 30.5 Å². The summed E-state index contributed by atoms with van der Waals surface area (Å²) >= 11 is 0.